The first-order valence-corrected chi connectivity index (χ1v) is 13.4. The van der Waals surface area contributed by atoms with Crippen LogP contribution in [0.3, 0.4) is 0 Å². The van der Waals surface area contributed by atoms with Crippen LogP contribution in [-0.2, 0) is 22.6 Å². The molecule has 1 atom stereocenters. The van der Waals surface area contributed by atoms with Gasteiger partial charge in [0.2, 0.25) is 11.8 Å². The minimum absolute atomic E-state index is 0.106. The number of aromatic nitrogens is 1. The molecule has 0 radical (unpaired) electrons. The number of benzene rings is 3. The normalized spacial score (nSPS) is 14.7. The Balaban J connectivity index is 1.51. The summed E-state index contributed by atoms with van der Waals surface area (Å²) >= 11 is 0. The molecule has 2 amide bonds. The summed E-state index contributed by atoms with van der Waals surface area (Å²) in [7, 11) is 1.63. The first-order chi connectivity index (χ1) is 18.6. The molecule has 1 saturated carbocycles. The number of hydrogen-bond donors (Lipinski definition) is 2. The van der Waals surface area contributed by atoms with Gasteiger partial charge in [0.15, 0.2) is 0 Å². The smallest absolute Gasteiger partial charge is 0.247 e. The Hall–Kier alpha value is -4.06. The zero-order valence-corrected chi connectivity index (χ0v) is 21.9. The number of hydrogen-bond acceptors (Lipinski definition) is 3. The van der Waals surface area contributed by atoms with E-state index in [0.29, 0.717) is 0 Å². The van der Waals surface area contributed by atoms with E-state index in [1.165, 1.54) is 6.42 Å². The summed E-state index contributed by atoms with van der Waals surface area (Å²) < 4.78 is 5.44. The number of nitrogens with one attached hydrogen (secondary N) is 2. The van der Waals surface area contributed by atoms with Crippen molar-refractivity contribution in [1.82, 2.24) is 15.2 Å². The third-order valence-corrected chi connectivity index (χ3v) is 7.45. The fourth-order valence-electron chi connectivity index (χ4n) is 5.47. The molecule has 1 aliphatic rings. The van der Waals surface area contributed by atoms with Crippen molar-refractivity contribution in [2.24, 2.45) is 0 Å². The van der Waals surface area contributed by atoms with E-state index in [-0.39, 0.29) is 30.8 Å². The van der Waals surface area contributed by atoms with Crippen LogP contribution in [0.25, 0.3) is 10.9 Å². The van der Waals surface area contributed by atoms with Crippen LogP contribution in [0.1, 0.15) is 54.8 Å². The fraction of sp³-hybridized carbons (Fsp3) is 0.312. The van der Waals surface area contributed by atoms with Gasteiger partial charge in [0.05, 0.1) is 13.5 Å². The van der Waals surface area contributed by atoms with Crippen LogP contribution in [-0.4, -0.2) is 34.8 Å². The van der Waals surface area contributed by atoms with E-state index in [4.69, 9.17) is 4.74 Å². The van der Waals surface area contributed by atoms with Gasteiger partial charge in [-0.25, -0.2) is 0 Å². The summed E-state index contributed by atoms with van der Waals surface area (Å²) in [5.41, 5.74) is 3.61. The molecule has 0 unspecified atom stereocenters. The number of para-hydroxylation sites is 1. The molecule has 4 aromatic rings. The molecule has 6 nitrogen and oxygen atoms in total. The number of carbonyl (C=O) groups is 2. The third-order valence-electron chi connectivity index (χ3n) is 7.45. The van der Waals surface area contributed by atoms with E-state index in [2.05, 4.69) is 10.3 Å². The molecule has 1 aliphatic carbocycles. The van der Waals surface area contributed by atoms with Crippen molar-refractivity contribution >= 4 is 22.7 Å². The van der Waals surface area contributed by atoms with Crippen molar-refractivity contribution in [2.45, 2.75) is 57.2 Å². The summed E-state index contributed by atoms with van der Waals surface area (Å²) in [5.74, 6) is 0.484. The van der Waals surface area contributed by atoms with Crippen LogP contribution in [0.5, 0.6) is 5.75 Å². The van der Waals surface area contributed by atoms with Crippen molar-refractivity contribution in [3.05, 3.63) is 102 Å². The second-order valence-electron chi connectivity index (χ2n) is 10.1. The van der Waals surface area contributed by atoms with Gasteiger partial charge in [-0.15, -0.1) is 0 Å². The molecule has 2 N–H and O–H groups in total. The van der Waals surface area contributed by atoms with E-state index >= 15 is 0 Å². The zero-order chi connectivity index (χ0) is 26.3. The summed E-state index contributed by atoms with van der Waals surface area (Å²) in [6, 6.07) is 24.7. The maximum Gasteiger partial charge on any atom is 0.247 e. The highest BCUT2D eigenvalue weighted by molar-refractivity contribution is 5.92. The topological polar surface area (TPSA) is 74.4 Å². The molecular weight excluding hydrogens is 474 g/mol. The SMILES string of the molecule is COc1cccc(CN(C(=O)Cc2c[nH]c3ccccc23)[C@H](C(=O)NC2CCCCC2)c2ccccc2)c1. The maximum atomic E-state index is 14.1. The molecule has 1 heterocycles. The molecule has 5 rings (SSSR count). The van der Waals surface area contributed by atoms with Crippen LogP contribution in [0.4, 0.5) is 0 Å². The van der Waals surface area contributed by atoms with E-state index in [0.717, 1.165) is 59.0 Å². The predicted molar refractivity (Wildman–Crippen MR) is 150 cm³/mol. The van der Waals surface area contributed by atoms with Crippen molar-refractivity contribution < 1.29 is 14.3 Å². The number of ether oxygens (including phenoxy) is 1. The van der Waals surface area contributed by atoms with Gasteiger partial charge in [-0.3, -0.25) is 9.59 Å². The molecule has 3 aromatic carbocycles. The Bertz CT molecular complexity index is 1380. The monoisotopic (exact) mass is 509 g/mol. The van der Waals surface area contributed by atoms with Gasteiger partial charge in [0.1, 0.15) is 11.8 Å². The number of amides is 2. The maximum absolute atomic E-state index is 14.1. The lowest BCUT2D eigenvalue weighted by molar-refractivity contribution is -0.141. The lowest BCUT2D eigenvalue weighted by Gasteiger charge is -2.33. The van der Waals surface area contributed by atoms with Gasteiger partial charge in [-0.2, -0.15) is 0 Å². The molecule has 1 aromatic heterocycles. The van der Waals surface area contributed by atoms with Gasteiger partial charge in [-0.05, 0) is 47.7 Å². The third kappa shape index (κ3) is 5.91. The van der Waals surface area contributed by atoms with Crippen molar-refractivity contribution in [3.63, 3.8) is 0 Å². The van der Waals surface area contributed by atoms with Crippen LogP contribution in [0, 0.1) is 0 Å². The first kappa shape index (κ1) is 25.6. The molecule has 0 saturated heterocycles. The van der Waals surface area contributed by atoms with Gasteiger partial charge < -0.3 is 19.9 Å². The number of nitrogens with zero attached hydrogens (tertiary/aromatic N) is 1. The number of rotatable bonds is 9. The Morgan fingerprint density at radius 2 is 1.74 bits per heavy atom. The van der Waals surface area contributed by atoms with E-state index < -0.39 is 6.04 Å². The molecule has 0 aliphatic heterocycles. The van der Waals surface area contributed by atoms with Crippen LogP contribution in [0.15, 0.2) is 85.1 Å². The number of methoxy groups -OCH3 is 1. The number of aromatic amines is 1. The van der Waals surface area contributed by atoms with Gasteiger partial charge >= 0.3 is 0 Å². The highest BCUT2D eigenvalue weighted by Crippen LogP contribution is 2.28. The molecular formula is C32H35N3O3. The lowest BCUT2D eigenvalue weighted by Crippen LogP contribution is -2.47. The van der Waals surface area contributed by atoms with Crippen LogP contribution in [0.2, 0.25) is 0 Å². The van der Waals surface area contributed by atoms with Crippen molar-refractivity contribution in [1.29, 1.82) is 0 Å². The van der Waals surface area contributed by atoms with Crippen LogP contribution < -0.4 is 10.1 Å². The number of fused-ring (bicyclic) bond motifs is 1. The predicted octanol–water partition coefficient (Wildman–Crippen LogP) is 5.94. The van der Waals surface area contributed by atoms with E-state index in [1.54, 1.807) is 12.0 Å². The molecule has 38 heavy (non-hydrogen) atoms. The molecule has 6 heteroatoms. The molecule has 196 valence electrons. The number of H-pyrrole nitrogens is 1. The van der Waals surface area contributed by atoms with Gasteiger partial charge in [0, 0.05) is 29.7 Å². The average Bonchev–Trinajstić information content (AvgIpc) is 3.36. The van der Waals surface area contributed by atoms with E-state index in [1.807, 2.05) is 85.1 Å². The van der Waals surface area contributed by atoms with Crippen molar-refractivity contribution in [2.75, 3.05) is 7.11 Å². The Labute approximate surface area is 224 Å². The quantitative estimate of drug-likeness (QED) is 0.293. The fourth-order valence-corrected chi connectivity index (χ4v) is 5.47. The Kier molecular flexibility index (Phi) is 8.07. The Morgan fingerprint density at radius 1 is 0.974 bits per heavy atom. The molecule has 0 spiro atoms. The molecule has 0 bridgehead atoms. The standard InChI is InChI=1S/C32H35N3O3/c1-38-27-16-10-11-23(19-27)22-35(30(36)20-25-21-33-29-18-9-8-17-28(25)29)31(24-12-4-2-5-13-24)32(37)34-26-14-6-3-7-15-26/h2,4-5,8-13,16-19,21,26,31,33H,3,6-7,14-15,20,22H2,1H3,(H,34,37)/t31-/m0/s1. The Morgan fingerprint density at radius 3 is 2.53 bits per heavy atom. The van der Waals surface area contributed by atoms with Crippen LogP contribution >= 0.6 is 0 Å². The summed E-state index contributed by atoms with van der Waals surface area (Å²) in [5, 5.41) is 4.30. The summed E-state index contributed by atoms with van der Waals surface area (Å²) in [6.07, 6.45) is 7.49. The van der Waals surface area contributed by atoms with Crippen molar-refractivity contribution in [3.8, 4) is 5.75 Å². The molecule has 1 fully saturated rings. The second-order valence-corrected chi connectivity index (χ2v) is 10.1. The first-order valence-electron chi connectivity index (χ1n) is 13.4. The highest BCUT2D eigenvalue weighted by atomic mass is 16.5. The van der Waals surface area contributed by atoms with E-state index in [9.17, 15) is 9.59 Å². The van der Waals surface area contributed by atoms with Gasteiger partial charge in [-0.1, -0.05) is 79.9 Å². The lowest BCUT2D eigenvalue weighted by atomic mass is 9.94. The highest BCUT2D eigenvalue weighted by Gasteiger charge is 2.33. The minimum Gasteiger partial charge on any atom is -0.497 e. The zero-order valence-electron chi connectivity index (χ0n) is 21.9. The van der Waals surface area contributed by atoms with Gasteiger partial charge in [0.25, 0.3) is 0 Å². The second kappa shape index (κ2) is 12.0. The summed E-state index contributed by atoms with van der Waals surface area (Å²) in [4.78, 5) is 33.1. The average molecular weight is 510 g/mol. The number of carbonyl (C=O) groups excluding carboxylic acids is 2. The minimum atomic E-state index is -0.748. The summed E-state index contributed by atoms with van der Waals surface area (Å²) in [6.45, 7) is 0.288. The largest absolute Gasteiger partial charge is 0.497 e.